The zero-order valence-corrected chi connectivity index (χ0v) is 18.7. The van der Waals surface area contributed by atoms with Crippen molar-refractivity contribution in [1.82, 2.24) is 15.3 Å². The standard InChI is InChI=1S/C27H21ClN4O/c1-18-12-13-23-21(14-18)16-22(25(28)30-23)17-29-32-26(20-10-6-3-7-11-20)31-24(27(32)33)15-19-8-4-2-5-9-19/h2-17,26,31H,1H3. The number of hydrazone groups is 1. The molecule has 33 heavy (non-hydrogen) atoms. The molecule has 1 N–H and O–H groups in total. The number of amides is 1. The van der Waals surface area contributed by atoms with E-state index in [2.05, 4.69) is 15.4 Å². The molecule has 1 fully saturated rings. The largest absolute Gasteiger partial charge is 0.355 e. The molecule has 2 heterocycles. The van der Waals surface area contributed by atoms with E-state index in [0.29, 0.717) is 16.4 Å². The van der Waals surface area contributed by atoms with Crippen LogP contribution in [0.2, 0.25) is 5.15 Å². The number of nitrogens with zero attached hydrogens (tertiary/aromatic N) is 3. The van der Waals surface area contributed by atoms with Gasteiger partial charge in [-0.1, -0.05) is 83.9 Å². The first-order valence-electron chi connectivity index (χ1n) is 10.6. The molecule has 162 valence electrons. The van der Waals surface area contributed by atoms with E-state index < -0.39 is 6.17 Å². The van der Waals surface area contributed by atoms with E-state index in [1.165, 1.54) is 5.01 Å². The summed E-state index contributed by atoms with van der Waals surface area (Å²) in [7, 11) is 0. The molecule has 1 aromatic heterocycles. The van der Waals surface area contributed by atoms with Gasteiger partial charge in [0.25, 0.3) is 5.91 Å². The van der Waals surface area contributed by atoms with Gasteiger partial charge in [-0.2, -0.15) is 5.10 Å². The van der Waals surface area contributed by atoms with Gasteiger partial charge in [0.1, 0.15) is 10.9 Å². The van der Waals surface area contributed by atoms with Gasteiger partial charge in [0.2, 0.25) is 0 Å². The van der Waals surface area contributed by atoms with Crippen molar-refractivity contribution < 1.29 is 4.79 Å². The lowest BCUT2D eigenvalue weighted by Gasteiger charge is -2.19. The minimum absolute atomic E-state index is 0.218. The molecule has 0 spiro atoms. The van der Waals surface area contributed by atoms with Crippen LogP contribution in [0.3, 0.4) is 0 Å². The molecule has 6 heteroatoms. The smallest absolute Gasteiger partial charge is 0.292 e. The minimum atomic E-state index is -0.431. The van der Waals surface area contributed by atoms with Crippen molar-refractivity contribution in [3.63, 3.8) is 0 Å². The van der Waals surface area contributed by atoms with E-state index in [-0.39, 0.29) is 5.91 Å². The van der Waals surface area contributed by atoms with Crippen molar-refractivity contribution in [2.45, 2.75) is 13.1 Å². The summed E-state index contributed by atoms with van der Waals surface area (Å²) in [6, 6.07) is 27.4. The van der Waals surface area contributed by atoms with Gasteiger partial charge in [0.05, 0.1) is 11.7 Å². The van der Waals surface area contributed by atoms with Crippen molar-refractivity contribution >= 4 is 40.7 Å². The molecule has 0 radical (unpaired) electrons. The third-order valence-corrected chi connectivity index (χ3v) is 5.78. The summed E-state index contributed by atoms with van der Waals surface area (Å²) in [6.07, 6.45) is 3.00. The van der Waals surface area contributed by atoms with Gasteiger partial charge in [0.15, 0.2) is 6.17 Å². The van der Waals surface area contributed by atoms with Crippen LogP contribution in [0.4, 0.5) is 0 Å². The number of pyridine rings is 1. The lowest BCUT2D eigenvalue weighted by molar-refractivity contribution is -0.126. The molecule has 1 unspecified atom stereocenters. The maximum absolute atomic E-state index is 13.3. The SMILES string of the molecule is Cc1ccc2nc(Cl)c(C=NN3C(=O)C(=Cc4ccccc4)NC3c3ccccc3)cc2c1. The Hall–Kier alpha value is -3.96. The van der Waals surface area contributed by atoms with Crippen molar-refractivity contribution in [3.05, 3.63) is 118 Å². The fraction of sp³-hybridized carbons (Fsp3) is 0.0741. The van der Waals surface area contributed by atoms with E-state index in [1.807, 2.05) is 97.9 Å². The minimum Gasteiger partial charge on any atom is -0.355 e. The molecule has 5 rings (SSSR count). The third kappa shape index (κ3) is 4.36. The lowest BCUT2D eigenvalue weighted by atomic mass is 10.1. The maximum Gasteiger partial charge on any atom is 0.292 e. The molecule has 1 aliphatic rings. The van der Waals surface area contributed by atoms with E-state index in [0.717, 1.165) is 27.6 Å². The number of aryl methyl sites for hydroxylation is 1. The Kier molecular flexibility index (Phi) is 5.63. The quantitative estimate of drug-likeness (QED) is 0.245. The molecule has 0 saturated carbocycles. The first-order chi connectivity index (χ1) is 16.1. The Morgan fingerprint density at radius 3 is 2.48 bits per heavy atom. The maximum atomic E-state index is 13.3. The highest BCUT2D eigenvalue weighted by Gasteiger charge is 2.35. The molecule has 1 aliphatic heterocycles. The van der Waals surface area contributed by atoms with Crippen molar-refractivity contribution in [2.75, 3.05) is 0 Å². The first kappa shape index (κ1) is 20.9. The Balaban J connectivity index is 1.52. The summed E-state index contributed by atoms with van der Waals surface area (Å²) in [4.78, 5) is 17.8. The summed E-state index contributed by atoms with van der Waals surface area (Å²) in [5.41, 5.74) is 4.94. The van der Waals surface area contributed by atoms with Gasteiger partial charge in [-0.15, -0.1) is 0 Å². The van der Waals surface area contributed by atoms with Gasteiger partial charge in [0, 0.05) is 10.9 Å². The van der Waals surface area contributed by atoms with Crippen LogP contribution in [0.5, 0.6) is 0 Å². The van der Waals surface area contributed by atoms with Gasteiger partial charge in [-0.3, -0.25) is 4.79 Å². The highest BCUT2D eigenvalue weighted by Crippen LogP contribution is 2.29. The van der Waals surface area contributed by atoms with Crippen LogP contribution < -0.4 is 5.32 Å². The number of rotatable bonds is 4. The molecule has 1 amide bonds. The highest BCUT2D eigenvalue weighted by atomic mass is 35.5. The van der Waals surface area contributed by atoms with Crippen LogP contribution in [0.1, 0.15) is 28.4 Å². The fourth-order valence-corrected chi connectivity index (χ4v) is 4.01. The number of hydrogen-bond donors (Lipinski definition) is 1. The van der Waals surface area contributed by atoms with Crippen molar-refractivity contribution in [3.8, 4) is 0 Å². The predicted molar refractivity (Wildman–Crippen MR) is 133 cm³/mol. The summed E-state index contributed by atoms with van der Waals surface area (Å²) < 4.78 is 0. The lowest BCUT2D eigenvalue weighted by Crippen LogP contribution is -2.25. The molecular formula is C27H21ClN4O. The molecule has 5 nitrogen and oxygen atoms in total. The molecule has 1 atom stereocenters. The number of hydrogen-bond acceptors (Lipinski definition) is 4. The number of nitrogens with one attached hydrogen (secondary N) is 1. The van der Waals surface area contributed by atoms with Crippen LogP contribution in [0, 0.1) is 6.92 Å². The number of carbonyl (C=O) groups excluding carboxylic acids is 1. The number of fused-ring (bicyclic) bond motifs is 1. The Labute approximate surface area is 197 Å². The Bertz CT molecular complexity index is 1380. The molecular weight excluding hydrogens is 432 g/mol. The third-order valence-electron chi connectivity index (χ3n) is 5.47. The topological polar surface area (TPSA) is 57.6 Å². The molecule has 0 bridgehead atoms. The van der Waals surface area contributed by atoms with E-state index in [1.54, 1.807) is 6.21 Å². The van der Waals surface area contributed by atoms with E-state index in [9.17, 15) is 4.79 Å². The Morgan fingerprint density at radius 2 is 1.73 bits per heavy atom. The summed E-state index contributed by atoms with van der Waals surface area (Å²) in [5.74, 6) is -0.218. The fourth-order valence-electron chi connectivity index (χ4n) is 3.81. The average Bonchev–Trinajstić information content (AvgIpc) is 3.14. The van der Waals surface area contributed by atoms with Gasteiger partial charge < -0.3 is 5.32 Å². The number of aromatic nitrogens is 1. The van der Waals surface area contributed by atoms with Gasteiger partial charge in [-0.05, 0) is 42.3 Å². The Morgan fingerprint density at radius 1 is 1.00 bits per heavy atom. The first-order valence-corrected chi connectivity index (χ1v) is 11.0. The van der Waals surface area contributed by atoms with Gasteiger partial charge >= 0.3 is 0 Å². The van der Waals surface area contributed by atoms with E-state index >= 15 is 0 Å². The predicted octanol–water partition coefficient (Wildman–Crippen LogP) is 5.70. The summed E-state index contributed by atoms with van der Waals surface area (Å²) in [5, 5.41) is 10.6. The van der Waals surface area contributed by atoms with Crippen LogP contribution >= 0.6 is 11.6 Å². The second-order valence-corrected chi connectivity index (χ2v) is 8.24. The number of carbonyl (C=O) groups is 1. The van der Waals surface area contributed by atoms with Crippen molar-refractivity contribution in [1.29, 1.82) is 0 Å². The van der Waals surface area contributed by atoms with Crippen molar-refractivity contribution in [2.24, 2.45) is 5.10 Å². The number of halogens is 1. The van der Waals surface area contributed by atoms with Crippen LogP contribution in [0.25, 0.3) is 17.0 Å². The molecule has 3 aromatic carbocycles. The molecule has 4 aromatic rings. The zero-order chi connectivity index (χ0) is 22.8. The molecule has 1 saturated heterocycles. The van der Waals surface area contributed by atoms with Gasteiger partial charge in [-0.25, -0.2) is 9.99 Å². The summed E-state index contributed by atoms with van der Waals surface area (Å²) in [6.45, 7) is 2.03. The van der Waals surface area contributed by atoms with Crippen LogP contribution in [0.15, 0.2) is 95.7 Å². The monoisotopic (exact) mass is 452 g/mol. The van der Waals surface area contributed by atoms with Crippen LogP contribution in [-0.2, 0) is 4.79 Å². The normalized spacial score (nSPS) is 17.3. The second-order valence-electron chi connectivity index (χ2n) is 7.89. The zero-order valence-electron chi connectivity index (χ0n) is 17.9. The van der Waals surface area contributed by atoms with Crippen LogP contribution in [-0.4, -0.2) is 22.1 Å². The number of benzene rings is 3. The van der Waals surface area contributed by atoms with E-state index in [4.69, 9.17) is 11.6 Å². The summed E-state index contributed by atoms with van der Waals surface area (Å²) >= 11 is 6.42. The average molecular weight is 453 g/mol. The second kappa shape index (κ2) is 8.88. The highest BCUT2D eigenvalue weighted by molar-refractivity contribution is 6.32. The molecule has 0 aliphatic carbocycles.